The van der Waals surface area contributed by atoms with Crippen LogP contribution in [-0.4, -0.2) is 24.5 Å². The normalized spacial score (nSPS) is 10.9. The molecule has 0 spiro atoms. The minimum atomic E-state index is -0.845. The largest absolute Gasteiger partial charge is 0.360 e. The van der Waals surface area contributed by atoms with Gasteiger partial charge in [-0.2, -0.15) is 0 Å². The molecule has 0 radical (unpaired) electrons. The van der Waals surface area contributed by atoms with Gasteiger partial charge in [0.2, 0.25) is 0 Å². The fourth-order valence-electron chi connectivity index (χ4n) is 3.36. The number of ketones is 1. The molecule has 0 amide bonds. The van der Waals surface area contributed by atoms with E-state index in [-0.39, 0.29) is 13.1 Å². The first-order valence-corrected chi connectivity index (χ1v) is 9.23. The van der Waals surface area contributed by atoms with E-state index in [9.17, 15) is 19.2 Å². The summed E-state index contributed by atoms with van der Waals surface area (Å²) < 4.78 is 2.52. The molecule has 29 heavy (non-hydrogen) atoms. The fourth-order valence-corrected chi connectivity index (χ4v) is 3.36. The van der Waals surface area contributed by atoms with E-state index >= 15 is 0 Å². The van der Waals surface area contributed by atoms with E-state index in [2.05, 4.69) is 18.1 Å². The maximum absolute atomic E-state index is 13.0. The second-order valence-electron chi connectivity index (χ2n) is 6.55. The number of carbonyl (C=O) groups is 1. The van der Waals surface area contributed by atoms with Crippen molar-refractivity contribution in [3.05, 3.63) is 92.3 Å². The lowest BCUT2D eigenvalue weighted by molar-refractivity contribution is 0.0968. The average Bonchev–Trinajstić information content (AvgIpc) is 3.16. The molecule has 8 heteroatoms. The number of hydrogen-bond donors (Lipinski definition) is 1. The van der Waals surface area contributed by atoms with Crippen molar-refractivity contribution >= 4 is 16.7 Å². The Hall–Kier alpha value is -3.68. The van der Waals surface area contributed by atoms with Gasteiger partial charge in [-0.05, 0) is 12.0 Å². The number of para-hydroxylation sites is 1. The van der Waals surface area contributed by atoms with Crippen molar-refractivity contribution < 1.29 is 4.79 Å². The first-order chi connectivity index (χ1) is 13.9. The third-order valence-corrected chi connectivity index (χ3v) is 4.79. The van der Waals surface area contributed by atoms with Crippen LogP contribution in [0.3, 0.4) is 0 Å². The van der Waals surface area contributed by atoms with Gasteiger partial charge in [-0.25, -0.2) is 28.1 Å². The van der Waals surface area contributed by atoms with E-state index in [4.69, 9.17) is 0 Å². The third kappa shape index (κ3) is 3.44. The van der Waals surface area contributed by atoms with E-state index in [0.717, 1.165) is 36.6 Å². The second kappa shape index (κ2) is 8.14. The predicted octanol–water partition coefficient (Wildman–Crippen LogP) is 1.47. The highest BCUT2D eigenvalue weighted by Gasteiger charge is 2.19. The van der Waals surface area contributed by atoms with Crippen LogP contribution in [0.15, 0.2) is 64.1 Å². The number of rotatable bonds is 8. The lowest BCUT2D eigenvalue weighted by Gasteiger charge is -2.11. The summed E-state index contributed by atoms with van der Waals surface area (Å²) in [7, 11) is 0. The van der Waals surface area contributed by atoms with Crippen LogP contribution in [-0.2, 0) is 26.1 Å². The standard InChI is InChI=1S/C21H22N4O4/c1-4-10-23-19(27)24(11-5-2)21(29)25(20(23)28)13-17(26)16-12-22-18-14(6-3)8-7-9-15(16)18/h4-5,7-9,12,22H,1-2,6,10-11,13H2,3H3. The highest BCUT2D eigenvalue weighted by atomic mass is 16.2. The van der Waals surface area contributed by atoms with Gasteiger partial charge in [-0.3, -0.25) is 4.79 Å². The first-order valence-electron chi connectivity index (χ1n) is 9.23. The minimum Gasteiger partial charge on any atom is -0.360 e. The first kappa shape index (κ1) is 20.1. The van der Waals surface area contributed by atoms with Crippen LogP contribution in [0.5, 0.6) is 0 Å². The number of nitrogens with one attached hydrogen (secondary N) is 1. The van der Waals surface area contributed by atoms with Crippen LogP contribution in [0.2, 0.25) is 0 Å². The average molecular weight is 394 g/mol. The molecule has 0 aliphatic heterocycles. The molecule has 0 fully saturated rings. The minimum absolute atomic E-state index is 0.0732. The molecule has 2 heterocycles. The lowest BCUT2D eigenvalue weighted by Crippen LogP contribution is -2.55. The summed E-state index contributed by atoms with van der Waals surface area (Å²) >= 11 is 0. The molecule has 1 aromatic carbocycles. The smallest absolute Gasteiger partial charge is 0.337 e. The van der Waals surface area contributed by atoms with Crippen LogP contribution in [0, 0.1) is 0 Å². The SMILES string of the molecule is C=CCn1c(=O)n(CC=C)c(=O)n(CC(=O)c2c[nH]c3c(CC)cccc23)c1=O. The van der Waals surface area contributed by atoms with E-state index in [0.29, 0.717) is 5.56 Å². The molecule has 3 rings (SSSR count). The number of H-pyrrole nitrogens is 1. The van der Waals surface area contributed by atoms with Gasteiger partial charge in [0.05, 0.1) is 19.6 Å². The zero-order valence-corrected chi connectivity index (χ0v) is 16.2. The Kier molecular flexibility index (Phi) is 5.63. The van der Waals surface area contributed by atoms with Crippen LogP contribution in [0.1, 0.15) is 22.8 Å². The summed E-state index contributed by atoms with van der Waals surface area (Å²) in [4.78, 5) is 53.9. The van der Waals surface area contributed by atoms with E-state index in [1.165, 1.54) is 12.2 Å². The molecule has 8 nitrogen and oxygen atoms in total. The Labute approximate surface area is 166 Å². The number of nitrogens with zero attached hydrogens (tertiary/aromatic N) is 3. The summed E-state index contributed by atoms with van der Waals surface area (Å²) in [5.74, 6) is -0.405. The molecule has 0 unspecified atom stereocenters. The Morgan fingerprint density at radius 3 is 2.14 bits per heavy atom. The maximum atomic E-state index is 13.0. The number of Topliss-reactive ketones (excluding diaryl/α,β-unsaturated/α-hetero) is 1. The van der Waals surface area contributed by atoms with Crippen LogP contribution in [0.25, 0.3) is 10.9 Å². The Morgan fingerprint density at radius 2 is 1.59 bits per heavy atom. The van der Waals surface area contributed by atoms with E-state index in [1.54, 1.807) is 6.20 Å². The summed E-state index contributed by atoms with van der Waals surface area (Å²) in [5, 5.41) is 0.730. The summed E-state index contributed by atoms with van der Waals surface area (Å²) in [5.41, 5.74) is -0.148. The number of aromatic amines is 1. The van der Waals surface area contributed by atoms with Crippen molar-refractivity contribution in [3.63, 3.8) is 0 Å². The highest BCUT2D eigenvalue weighted by molar-refractivity contribution is 6.08. The van der Waals surface area contributed by atoms with Gasteiger partial charge >= 0.3 is 17.1 Å². The number of fused-ring (bicyclic) bond motifs is 1. The Morgan fingerprint density at radius 1 is 1.00 bits per heavy atom. The summed E-state index contributed by atoms with van der Waals surface area (Å²) in [6.07, 6.45) is 5.14. The van der Waals surface area contributed by atoms with Crippen molar-refractivity contribution in [2.24, 2.45) is 0 Å². The van der Waals surface area contributed by atoms with E-state index < -0.39 is 29.4 Å². The number of allylic oxidation sites excluding steroid dienone is 2. The van der Waals surface area contributed by atoms with Crippen LogP contribution < -0.4 is 17.1 Å². The van der Waals surface area contributed by atoms with Gasteiger partial charge < -0.3 is 4.98 Å². The van der Waals surface area contributed by atoms with Crippen molar-refractivity contribution in [2.45, 2.75) is 33.0 Å². The molecule has 150 valence electrons. The predicted molar refractivity (Wildman–Crippen MR) is 112 cm³/mol. The molecule has 0 aliphatic carbocycles. The molecule has 0 aliphatic rings. The number of carbonyl (C=O) groups excluding carboxylic acids is 1. The van der Waals surface area contributed by atoms with Gasteiger partial charge in [-0.1, -0.05) is 37.3 Å². The summed E-state index contributed by atoms with van der Waals surface area (Å²) in [6.45, 7) is 8.46. The molecule has 2 aromatic heterocycles. The summed E-state index contributed by atoms with van der Waals surface area (Å²) in [6, 6.07) is 5.64. The monoisotopic (exact) mass is 394 g/mol. The molecule has 3 aromatic rings. The molecule has 0 atom stereocenters. The van der Waals surface area contributed by atoms with Gasteiger partial charge in [0.1, 0.15) is 0 Å². The van der Waals surface area contributed by atoms with Crippen molar-refractivity contribution in [2.75, 3.05) is 0 Å². The van der Waals surface area contributed by atoms with Crippen molar-refractivity contribution in [1.82, 2.24) is 18.7 Å². The highest BCUT2D eigenvalue weighted by Crippen LogP contribution is 2.22. The molecule has 1 N–H and O–H groups in total. The molecule has 0 bridgehead atoms. The lowest BCUT2D eigenvalue weighted by atomic mass is 10.0. The fraction of sp³-hybridized carbons (Fsp3) is 0.238. The molecular formula is C21H22N4O4. The number of benzene rings is 1. The molecular weight excluding hydrogens is 372 g/mol. The van der Waals surface area contributed by atoms with Crippen LogP contribution in [0.4, 0.5) is 0 Å². The topological polar surface area (TPSA) is 98.9 Å². The second-order valence-corrected chi connectivity index (χ2v) is 6.55. The maximum Gasteiger partial charge on any atom is 0.337 e. The number of aryl methyl sites for hydroxylation is 1. The molecule has 0 saturated carbocycles. The molecule has 0 saturated heterocycles. The Balaban J connectivity index is 2.13. The van der Waals surface area contributed by atoms with Crippen molar-refractivity contribution in [3.8, 4) is 0 Å². The van der Waals surface area contributed by atoms with Crippen LogP contribution >= 0.6 is 0 Å². The number of hydrogen-bond acceptors (Lipinski definition) is 4. The Bertz CT molecular complexity index is 1240. The zero-order valence-electron chi connectivity index (χ0n) is 16.2. The van der Waals surface area contributed by atoms with Gasteiger partial charge in [0.15, 0.2) is 5.78 Å². The van der Waals surface area contributed by atoms with Gasteiger partial charge in [-0.15, -0.1) is 13.2 Å². The van der Waals surface area contributed by atoms with Gasteiger partial charge in [0, 0.05) is 22.7 Å². The van der Waals surface area contributed by atoms with Crippen molar-refractivity contribution in [1.29, 1.82) is 0 Å². The third-order valence-electron chi connectivity index (χ3n) is 4.79. The zero-order chi connectivity index (χ0) is 21.1. The quantitative estimate of drug-likeness (QED) is 0.462. The number of aromatic nitrogens is 4. The van der Waals surface area contributed by atoms with Gasteiger partial charge in [0.25, 0.3) is 0 Å². The van der Waals surface area contributed by atoms with E-state index in [1.807, 2.05) is 25.1 Å².